The molecule has 0 bridgehead atoms. The molecule has 4 heteroatoms. The minimum Gasteiger partial charge on any atom is -0.356 e. The average molecular weight is 255 g/mol. The molecule has 0 aliphatic rings. The summed E-state index contributed by atoms with van der Waals surface area (Å²) in [4.78, 5) is 21.3. The zero-order chi connectivity index (χ0) is 13.1. The summed E-state index contributed by atoms with van der Waals surface area (Å²) in [6.45, 7) is 7.71. The number of amides is 1. The summed E-state index contributed by atoms with van der Waals surface area (Å²) >= 11 is 0. The van der Waals surface area contributed by atoms with Gasteiger partial charge in [0.25, 0.3) is 0 Å². The van der Waals surface area contributed by atoms with Crippen molar-refractivity contribution in [1.29, 1.82) is 0 Å². The highest BCUT2D eigenvalue weighted by molar-refractivity contribution is 6.76. The van der Waals surface area contributed by atoms with Crippen molar-refractivity contribution in [2.75, 3.05) is 6.54 Å². The largest absolute Gasteiger partial charge is 0.356 e. The second-order valence-corrected chi connectivity index (χ2v) is 11.0. The quantitative estimate of drug-likeness (QED) is 0.298. The Kier molecular flexibility index (Phi) is 8.67. The van der Waals surface area contributed by atoms with E-state index in [1.54, 1.807) is 0 Å². The van der Waals surface area contributed by atoms with E-state index in [1.807, 2.05) is 0 Å². The molecule has 0 unspecified atom stereocenters. The average Bonchev–Trinajstić information content (AvgIpc) is 2.22. The number of hydrogen-bond acceptors (Lipinski definition) is 2. The number of rotatable bonds is 9. The Labute approximate surface area is 106 Å². The van der Waals surface area contributed by atoms with Gasteiger partial charge in [0, 0.05) is 27.5 Å². The van der Waals surface area contributed by atoms with Crippen LogP contribution in [0.4, 0.5) is 0 Å². The van der Waals surface area contributed by atoms with Crippen LogP contribution in [-0.2, 0) is 9.59 Å². The van der Waals surface area contributed by atoms with Crippen molar-refractivity contribution in [2.45, 2.75) is 51.4 Å². The molecule has 0 saturated carbocycles. The molecular formula is C13H25NO2Si. The predicted molar refractivity (Wildman–Crippen MR) is 74.8 cm³/mol. The van der Waals surface area contributed by atoms with Gasteiger partial charge in [0.2, 0.25) is 5.91 Å². The number of nitrogens with one attached hydrogen (secondary N) is 1. The maximum absolute atomic E-state index is 11.3. The normalized spacial score (nSPS) is 11.7. The van der Waals surface area contributed by atoms with Crippen molar-refractivity contribution in [3.05, 3.63) is 12.2 Å². The molecule has 0 atom stereocenters. The van der Waals surface area contributed by atoms with E-state index in [9.17, 15) is 9.59 Å². The third-order valence-corrected chi connectivity index (χ3v) is 3.72. The molecule has 0 fully saturated rings. The van der Waals surface area contributed by atoms with E-state index in [2.05, 4.69) is 37.1 Å². The monoisotopic (exact) mass is 255 g/mol. The van der Waals surface area contributed by atoms with Gasteiger partial charge in [-0.1, -0.05) is 31.8 Å². The maximum Gasteiger partial charge on any atom is 0.220 e. The second-order valence-electron chi connectivity index (χ2n) is 5.43. The van der Waals surface area contributed by atoms with Gasteiger partial charge in [-0.2, -0.15) is 0 Å². The van der Waals surface area contributed by atoms with Gasteiger partial charge < -0.3 is 10.1 Å². The van der Waals surface area contributed by atoms with Crippen LogP contribution in [0.3, 0.4) is 0 Å². The van der Waals surface area contributed by atoms with E-state index in [0.29, 0.717) is 25.8 Å². The summed E-state index contributed by atoms with van der Waals surface area (Å²) in [5.74, 6) is 0.0467. The summed E-state index contributed by atoms with van der Waals surface area (Å²) < 4.78 is 0. The van der Waals surface area contributed by atoms with Crippen molar-refractivity contribution in [2.24, 2.45) is 0 Å². The highest BCUT2D eigenvalue weighted by atomic mass is 28.3. The minimum absolute atomic E-state index is 0.0467. The summed E-state index contributed by atoms with van der Waals surface area (Å²) in [5, 5.41) is 2.84. The Bertz CT molecular complexity index is 257. The highest BCUT2D eigenvalue weighted by Gasteiger charge is 2.09. The van der Waals surface area contributed by atoms with Crippen molar-refractivity contribution in [3.8, 4) is 0 Å². The number of unbranched alkanes of at least 4 members (excludes halogenated alkanes) is 1. The molecule has 0 aromatic heterocycles. The first-order valence-electron chi connectivity index (χ1n) is 6.31. The zero-order valence-electron chi connectivity index (χ0n) is 11.3. The number of hydrogen-bond donors (Lipinski definition) is 1. The van der Waals surface area contributed by atoms with E-state index in [-0.39, 0.29) is 5.91 Å². The van der Waals surface area contributed by atoms with Crippen molar-refractivity contribution < 1.29 is 9.59 Å². The fourth-order valence-corrected chi connectivity index (χ4v) is 2.16. The Hall–Kier alpha value is -0.903. The first-order valence-corrected chi connectivity index (χ1v) is 10.0. The maximum atomic E-state index is 11.3. The Balaban J connectivity index is 3.44. The van der Waals surface area contributed by atoms with E-state index in [4.69, 9.17) is 0 Å². The van der Waals surface area contributed by atoms with Gasteiger partial charge >= 0.3 is 0 Å². The molecule has 1 N–H and O–H groups in total. The first-order chi connectivity index (χ1) is 7.95. The van der Waals surface area contributed by atoms with Gasteiger partial charge in [0.05, 0.1) is 0 Å². The van der Waals surface area contributed by atoms with Crippen molar-refractivity contribution in [1.82, 2.24) is 5.32 Å². The fraction of sp³-hybridized carbons (Fsp3) is 0.692. The summed E-state index contributed by atoms with van der Waals surface area (Å²) in [7, 11) is -0.968. The Morgan fingerprint density at radius 1 is 1.18 bits per heavy atom. The molecule has 1 amide bonds. The summed E-state index contributed by atoms with van der Waals surface area (Å²) in [6, 6.07) is 1.19. The standard InChI is InChI=1S/C13H25NO2Si/c1-17(2,3)12-8-4-6-10-14-13(16)9-5-7-11-15/h4,8,11H,5-7,9-10,12H2,1-3H3,(H,14,16). The lowest BCUT2D eigenvalue weighted by Gasteiger charge is -2.11. The molecule has 0 aliphatic carbocycles. The smallest absolute Gasteiger partial charge is 0.220 e. The van der Waals surface area contributed by atoms with Crippen LogP contribution < -0.4 is 5.32 Å². The van der Waals surface area contributed by atoms with Gasteiger partial charge in [-0.25, -0.2) is 0 Å². The topological polar surface area (TPSA) is 46.2 Å². The number of carbonyl (C=O) groups excluding carboxylic acids is 2. The minimum atomic E-state index is -0.968. The first kappa shape index (κ1) is 16.1. The fourth-order valence-electron chi connectivity index (χ4n) is 1.28. The van der Waals surface area contributed by atoms with Gasteiger partial charge in [-0.3, -0.25) is 4.79 Å². The molecule has 0 rings (SSSR count). The molecule has 0 aromatic rings. The predicted octanol–water partition coefficient (Wildman–Crippen LogP) is 2.76. The molecule has 0 spiro atoms. The van der Waals surface area contributed by atoms with Crippen LogP contribution in [-0.4, -0.2) is 26.8 Å². The highest BCUT2D eigenvalue weighted by Crippen LogP contribution is 2.08. The number of carbonyl (C=O) groups is 2. The molecule has 0 aliphatic heterocycles. The van der Waals surface area contributed by atoms with Gasteiger partial charge in [0.1, 0.15) is 6.29 Å². The molecule has 0 heterocycles. The van der Waals surface area contributed by atoms with E-state index < -0.39 is 8.07 Å². The van der Waals surface area contributed by atoms with Gasteiger partial charge in [-0.05, 0) is 18.9 Å². The van der Waals surface area contributed by atoms with Crippen LogP contribution in [0, 0.1) is 0 Å². The van der Waals surface area contributed by atoms with Gasteiger partial charge in [0.15, 0.2) is 0 Å². The Morgan fingerprint density at radius 2 is 1.88 bits per heavy atom. The molecule has 98 valence electrons. The van der Waals surface area contributed by atoms with Gasteiger partial charge in [-0.15, -0.1) is 0 Å². The van der Waals surface area contributed by atoms with E-state index in [0.717, 1.165) is 12.7 Å². The second kappa shape index (κ2) is 9.16. The van der Waals surface area contributed by atoms with Crippen LogP contribution in [0.2, 0.25) is 25.7 Å². The molecule has 0 saturated heterocycles. The van der Waals surface area contributed by atoms with Crippen LogP contribution in [0.5, 0.6) is 0 Å². The lowest BCUT2D eigenvalue weighted by molar-refractivity contribution is -0.121. The Morgan fingerprint density at radius 3 is 2.47 bits per heavy atom. The van der Waals surface area contributed by atoms with Crippen molar-refractivity contribution >= 4 is 20.3 Å². The van der Waals surface area contributed by atoms with Crippen LogP contribution >= 0.6 is 0 Å². The SMILES string of the molecule is C[Si](C)(C)CC=CCCNC(=O)CCCC=O. The lowest BCUT2D eigenvalue weighted by Crippen LogP contribution is -2.23. The molecule has 0 radical (unpaired) electrons. The zero-order valence-corrected chi connectivity index (χ0v) is 12.3. The van der Waals surface area contributed by atoms with E-state index in [1.165, 1.54) is 6.04 Å². The van der Waals surface area contributed by atoms with Crippen LogP contribution in [0.15, 0.2) is 12.2 Å². The lowest BCUT2D eigenvalue weighted by atomic mass is 10.2. The number of aldehydes is 1. The summed E-state index contributed by atoms with van der Waals surface area (Å²) in [5.41, 5.74) is 0. The third-order valence-electron chi connectivity index (χ3n) is 2.26. The summed E-state index contributed by atoms with van der Waals surface area (Å²) in [6.07, 6.45) is 7.70. The number of allylic oxidation sites excluding steroid dienone is 1. The molecular weight excluding hydrogens is 230 g/mol. The van der Waals surface area contributed by atoms with Crippen molar-refractivity contribution in [3.63, 3.8) is 0 Å². The molecule has 0 aromatic carbocycles. The van der Waals surface area contributed by atoms with Crippen LogP contribution in [0.1, 0.15) is 25.7 Å². The molecule has 17 heavy (non-hydrogen) atoms. The van der Waals surface area contributed by atoms with Crippen LogP contribution in [0.25, 0.3) is 0 Å². The van der Waals surface area contributed by atoms with E-state index >= 15 is 0 Å². The molecule has 3 nitrogen and oxygen atoms in total. The third kappa shape index (κ3) is 13.0.